The standard InChI is InChI=1S/C13H21NO2/c1-8-5-11(7-15-8)13(14-4)12-6-9(2)16-10(12)3/h6,8,11,13-14H,5,7H2,1-4H3. The monoisotopic (exact) mass is 223 g/mol. The predicted octanol–water partition coefficient (Wildman–Crippen LogP) is 2.58. The second-order valence-corrected chi connectivity index (χ2v) is 4.77. The van der Waals surface area contributed by atoms with Gasteiger partial charge in [0.25, 0.3) is 0 Å². The molecular weight excluding hydrogens is 202 g/mol. The lowest BCUT2D eigenvalue weighted by molar-refractivity contribution is 0.117. The van der Waals surface area contributed by atoms with Gasteiger partial charge in [-0.05, 0) is 40.3 Å². The summed E-state index contributed by atoms with van der Waals surface area (Å²) in [5.41, 5.74) is 1.28. The van der Waals surface area contributed by atoms with E-state index in [0.717, 1.165) is 24.5 Å². The van der Waals surface area contributed by atoms with Crippen LogP contribution >= 0.6 is 0 Å². The first kappa shape index (κ1) is 11.7. The molecule has 0 bridgehead atoms. The quantitative estimate of drug-likeness (QED) is 0.855. The molecule has 1 aliphatic heterocycles. The third-order valence-electron chi connectivity index (χ3n) is 3.43. The van der Waals surface area contributed by atoms with Gasteiger partial charge in [0.1, 0.15) is 11.5 Å². The van der Waals surface area contributed by atoms with Crippen LogP contribution in [-0.4, -0.2) is 19.8 Å². The minimum atomic E-state index is 0.349. The van der Waals surface area contributed by atoms with Crippen LogP contribution in [0.1, 0.15) is 36.5 Å². The molecule has 3 heteroatoms. The molecule has 1 fully saturated rings. The SMILES string of the molecule is CNC(c1cc(C)oc1C)C1COC(C)C1. The molecule has 0 saturated carbocycles. The maximum Gasteiger partial charge on any atom is 0.105 e. The molecule has 1 saturated heterocycles. The summed E-state index contributed by atoms with van der Waals surface area (Å²) in [7, 11) is 2.01. The first-order valence-electron chi connectivity index (χ1n) is 5.97. The Hall–Kier alpha value is -0.800. The van der Waals surface area contributed by atoms with E-state index in [1.807, 2.05) is 20.9 Å². The minimum Gasteiger partial charge on any atom is -0.466 e. The fourth-order valence-corrected chi connectivity index (χ4v) is 2.69. The maximum atomic E-state index is 5.65. The summed E-state index contributed by atoms with van der Waals surface area (Å²) >= 11 is 0. The molecule has 3 unspecified atom stereocenters. The van der Waals surface area contributed by atoms with Crippen molar-refractivity contribution in [2.24, 2.45) is 5.92 Å². The molecule has 90 valence electrons. The van der Waals surface area contributed by atoms with Crippen LogP contribution in [0, 0.1) is 19.8 Å². The van der Waals surface area contributed by atoms with Crippen molar-refractivity contribution in [1.82, 2.24) is 5.32 Å². The van der Waals surface area contributed by atoms with Crippen LogP contribution in [0.4, 0.5) is 0 Å². The van der Waals surface area contributed by atoms with E-state index in [1.165, 1.54) is 5.56 Å². The molecule has 0 amide bonds. The first-order chi connectivity index (χ1) is 7.61. The van der Waals surface area contributed by atoms with Gasteiger partial charge in [0.2, 0.25) is 0 Å². The van der Waals surface area contributed by atoms with E-state index < -0.39 is 0 Å². The fourth-order valence-electron chi connectivity index (χ4n) is 2.69. The van der Waals surface area contributed by atoms with Crippen molar-refractivity contribution in [2.45, 2.75) is 39.3 Å². The Morgan fingerprint density at radius 3 is 2.62 bits per heavy atom. The number of nitrogens with one attached hydrogen (secondary N) is 1. The number of rotatable bonds is 3. The Bertz CT molecular complexity index is 359. The second kappa shape index (κ2) is 4.60. The lowest BCUT2D eigenvalue weighted by Gasteiger charge is -2.21. The van der Waals surface area contributed by atoms with Gasteiger partial charge in [-0.25, -0.2) is 0 Å². The Morgan fingerprint density at radius 1 is 1.44 bits per heavy atom. The third kappa shape index (κ3) is 2.15. The average molecular weight is 223 g/mol. The fraction of sp³-hybridized carbons (Fsp3) is 0.692. The normalized spacial score (nSPS) is 27.2. The van der Waals surface area contributed by atoms with Crippen LogP contribution in [0.15, 0.2) is 10.5 Å². The van der Waals surface area contributed by atoms with Crippen LogP contribution in [0.3, 0.4) is 0 Å². The summed E-state index contributed by atoms with van der Waals surface area (Å²) in [5.74, 6) is 2.56. The van der Waals surface area contributed by atoms with Crippen molar-refractivity contribution in [3.63, 3.8) is 0 Å². The Labute approximate surface area is 97.2 Å². The highest BCUT2D eigenvalue weighted by Gasteiger charge is 2.31. The average Bonchev–Trinajstić information content (AvgIpc) is 2.76. The van der Waals surface area contributed by atoms with Crippen molar-refractivity contribution < 1.29 is 9.15 Å². The highest BCUT2D eigenvalue weighted by Crippen LogP contribution is 2.33. The molecule has 3 atom stereocenters. The minimum absolute atomic E-state index is 0.349. The van der Waals surface area contributed by atoms with E-state index in [0.29, 0.717) is 18.1 Å². The Morgan fingerprint density at radius 2 is 2.19 bits per heavy atom. The molecule has 1 aromatic rings. The molecule has 1 aromatic heterocycles. The van der Waals surface area contributed by atoms with Gasteiger partial charge in [-0.15, -0.1) is 0 Å². The zero-order valence-electron chi connectivity index (χ0n) is 10.5. The van der Waals surface area contributed by atoms with Crippen molar-refractivity contribution in [1.29, 1.82) is 0 Å². The van der Waals surface area contributed by atoms with E-state index in [2.05, 4.69) is 18.3 Å². The smallest absolute Gasteiger partial charge is 0.105 e. The van der Waals surface area contributed by atoms with Gasteiger partial charge in [0.15, 0.2) is 0 Å². The Kier molecular flexibility index (Phi) is 3.36. The van der Waals surface area contributed by atoms with E-state index >= 15 is 0 Å². The largest absolute Gasteiger partial charge is 0.466 e. The van der Waals surface area contributed by atoms with Crippen LogP contribution in [0.2, 0.25) is 0 Å². The van der Waals surface area contributed by atoms with E-state index in [9.17, 15) is 0 Å². The number of furan rings is 1. The van der Waals surface area contributed by atoms with Gasteiger partial charge in [-0.2, -0.15) is 0 Å². The number of aryl methyl sites for hydroxylation is 2. The van der Waals surface area contributed by atoms with Gasteiger partial charge in [0, 0.05) is 17.5 Å². The molecular formula is C13H21NO2. The topological polar surface area (TPSA) is 34.4 Å². The summed E-state index contributed by atoms with van der Waals surface area (Å²) in [6.07, 6.45) is 1.50. The van der Waals surface area contributed by atoms with Gasteiger partial charge in [-0.1, -0.05) is 0 Å². The van der Waals surface area contributed by atoms with E-state index in [-0.39, 0.29) is 0 Å². The van der Waals surface area contributed by atoms with E-state index in [4.69, 9.17) is 9.15 Å². The van der Waals surface area contributed by atoms with Gasteiger partial charge < -0.3 is 14.5 Å². The molecule has 3 nitrogen and oxygen atoms in total. The van der Waals surface area contributed by atoms with Gasteiger partial charge >= 0.3 is 0 Å². The van der Waals surface area contributed by atoms with Gasteiger partial charge in [0.05, 0.1) is 12.7 Å². The first-order valence-corrected chi connectivity index (χ1v) is 5.97. The molecule has 1 N–H and O–H groups in total. The summed E-state index contributed by atoms with van der Waals surface area (Å²) < 4.78 is 11.2. The summed E-state index contributed by atoms with van der Waals surface area (Å²) in [6.45, 7) is 7.01. The van der Waals surface area contributed by atoms with Crippen LogP contribution < -0.4 is 5.32 Å². The van der Waals surface area contributed by atoms with Crippen molar-refractivity contribution in [2.75, 3.05) is 13.7 Å². The highest BCUT2D eigenvalue weighted by atomic mass is 16.5. The lowest BCUT2D eigenvalue weighted by atomic mass is 9.91. The summed E-state index contributed by atoms with van der Waals surface area (Å²) in [6, 6.07) is 2.49. The third-order valence-corrected chi connectivity index (χ3v) is 3.43. The number of hydrogen-bond donors (Lipinski definition) is 1. The molecule has 0 aliphatic carbocycles. The number of hydrogen-bond acceptors (Lipinski definition) is 3. The van der Waals surface area contributed by atoms with Crippen LogP contribution in [0.25, 0.3) is 0 Å². The van der Waals surface area contributed by atoms with Crippen LogP contribution in [-0.2, 0) is 4.74 Å². The molecule has 0 spiro atoms. The zero-order chi connectivity index (χ0) is 11.7. The van der Waals surface area contributed by atoms with Gasteiger partial charge in [-0.3, -0.25) is 0 Å². The second-order valence-electron chi connectivity index (χ2n) is 4.77. The molecule has 1 aliphatic rings. The maximum absolute atomic E-state index is 5.65. The molecule has 16 heavy (non-hydrogen) atoms. The number of ether oxygens (including phenoxy) is 1. The molecule has 0 aromatic carbocycles. The molecule has 0 radical (unpaired) electrons. The summed E-state index contributed by atoms with van der Waals surface area (Å²) in [5, 5.41) is 3.40. The van der Waals surface area contributed by atoms with Crippen molar-refractivity contribution in [3.8, 4) is 0 Å². The lowest BCUT2D eigenvalue weighted by Crippen LogP contribution is -2.25. The highest BCUT2D eigenvalue weighted by molar-refractivity contribution is 5.25. The summed E-state index contributed by atoms with van der Waals surface area (Å²) in [4.78, 5) is 0. The molecule has 2 rings (SSSR count). The predicted molar refractivity (Wildman–Crippen MR) is 63.5 cm³/mol. The van der Waals surface area contributed by atoms with E-state index in [1.54, 1.807) is 0 Å². The Balaban J connectivity index is 2.19. The van der Waals surface area contributed by atoms with Crippen molar-refractivity contribution in [3.05, 3.63) is 23.2 Å². The van der Waals surface area contributed by atoms with Crippen molar-refractivity contribution >= 4 is 0 Å². The molecule has 2 heterocycles. The van der Waals surface area contributed by atoms with Crippen LogP contribution in [0.5, 0.6) is 0 Å². The zero-order valence-corrected chi connectivity index (χ0v) is 10.5.